The van der Waals surface area contributed by atoms with E-state index >= 15 is 0 Å². The number of benzene rings is 1. The van der Waals surface area contributed by atoms with Crippen LogP contribution in [-0.2, 0) is 18.9 Å². The average Bonchev–Trinajstić information content (AvgIpc) is 2.50. The molecule has 0 aromatic heterocycles. The number of nitro groups is 3. The highest BCUT2D eigenvalue weighted by Gasteiger charge is 2.28. The van der Waals surface area contributed by atoms with Crippen LogP contribution in [0, 0.1) is 30.3 Å². The van der Waals surface area contributed by atoms with E-state index in [1.54, 1.807) is 0 Å². The molecule has 28 heavy (non-hydrogen) atoms. The maximum atomic E-state index is 11.1. The van der Waals surface area contributed by atoms with Gasteiger partial charge in [-0.1, -0.05) is 4.21 Å². The smallest absolute Gasteiger partial charge is 0.342 e. The zero-order valence-electron chi connectivity index (χ0n) is 14.1. The third-order valence-electron chi connectivity index (χ3n) is 2.89. The fourth-order valence-corrected chi connectivity index (χ4v) is 2.85. The predicted molar refractivity (Wildman–Crippen MR) is 93.5 cm³/mol. The molecular formula is C10H16N5O11PS. The van der Waals surface area contributed by atoms with Gasteiger partial charge in [-0.3, -0.25) is 34.9 Å². The van der Waals surface area contributed by atoms with E-state index < -0.39 is 61.1 Å². The molecule has 18 heteroatoms. The zero-order valence-corrected chi connectivity index (χ0v) is 15.8. The largest absolute Gasteiger partial charge is 0.863 e. The summed E-state index contributed by atoms with van der Waals surface area (Å²) in [6.07, 6.45) is 1.29. The summed E-state index contributed by atoms with van der Waals surface area (Å²) in [6, 6.07) is 0.769. The molecule has 0 spiro atoms. The van der Waals surface area contributed by atoms with Gasteiger partial charge in [0.1, 0.15) is 27.9 Å². The monoisotopic (exact) mass is 445 g/mol. The minimum atomic E-state index is -4.25. The minimum Gasteiger partial charge on any atom is -0.863 e. The number of hydrogen-bond acceptors (Lipinski definition) is 10. The molecule has 0 aliphatic carbocycles. The second kappa shape index (κ2) is 9.58. The van der Waals surface area contributed by atoms with Crippen molar-refractivity contribution in [3.8, 4) is 5.75 Å². The van der Waals surface area contributed by atoms with Gasteiger partial charge in [-0.15, -0.1) is 0 Å². The molecule has 0 saturated heterocycles. The molecule has 6 N–H and O–H groups in total. The first kappa shape index (κ1) is 25.4. The van der Waals surface area contributed by atoms with Crippen molar-refractivity contribution in [3.63, 3.8) is 0 Å². The molecule has 0 radical (unpaired) electrons. The van der Waals surface area contributed by atoms with Crippen LogP contribution >= 0.6 is 7.60 Å². The fraction of sp³-hybridized carbons (Fsp3) is 0.400. The number of nitro benzene ring substituents is 3. The van der Waals surface area contributed by atoms with Crippen molar-refractivity contribution in [3.05, 3.63) is 42.5 Å². The molecule has 0 aliphatic rings. The van der Waals surface area contributed by atoms with Gasteiger partial charge in [0.2, 0.25) is 0 Å². The number of nitrogens with zero attached hydrogens (tertiary/aromatic N) is 3. The highest BCUT2D eigenvalue weighted by molar-refractivity contribution is 8.00. The van der Waals surface area contributed by atoms with E-state index in [1.807, 2.05) is 0 Å². The van der Waals surface area contributed by atoms with Crippen LogP contribution in [0.15, 0.2) is 12.1 Å². The molecule has 0 saturated carbocycles. The van der Waals surface area contributed by atoms with Crippen LogP contribution in [0.25, 0.3) is 0 Å². The Morgan fingerprint density at radius 1 is 1.11 bits per heavy atom. The SMILES string of the molecule is C[S+](N)(=O)CCC(N)P(=O)(O)O.O=[N+]([O-])c1cc([N+](=O)[O-])c([O-])c([N+](=O)[O-])c1. The molecule has 2 atom stereocenters. The number of rotatable bonds is 7. The normalized spacial score (nSPS) is 14.2. The molecule has 0 heterocycles. The third-order valence-corrected chi connectivity index (χ3v) is 5.06. The molecule has 1 aromatic carbocycles. The summed E-state index contributed by atoms with van der Waals surface area (Å²) >= 11 is 0. The first-order chi connectivity index (χ1) is 12.5. The van der Waals surface area contributed by atoms with Gasteiger partial charge in [0.05, 0.1) is 32.7 Å². The van der Waals surface area contributed by atoms with E-state index in [-0.39, 0.29) is 12.2 Å². The Labute approximate surface area is 157 Å². The summed E-state index contributed by atoms with van der Waals surface area (Å²) in [7, 11) is -6.70. The molecule has 0 amide bonds. The second-order valence-corrected chi connectivity index (χ2v) is 9.70. The van der Waals surface area contributed by atoms with Gasteiger partial charge in [0.15, 0.2) is 0 Å². The lowest BCUT2D eigenvalue weighted by Gasteiger charge is -2.11. The van der Waals surface area contributed by atoms with Gasteiger partial charge in [-0.05, 0) is 0 Å². The summed E-state index contributed by atoms with van der Waals surface area (Å²) in [5.41, 5.74) is 1.85. The van der Waals surface area contributed by atoms with E-state index in [4.69, 9.17) is 20.7 Å². The van der Waals surface area contributed by atoms with Crippen LogP contribution in [-0.4, -0.2) is 42.3 Å². The van der Waals surface area contributed by atoms with Crippen molar-refractivity contribution in [2.45, 2.75) is 12.2 Å². The summed E-state index contributed by atoms with van der Waals surface area (Å²) < 4.78 is 21.4. The van der Waals surface area contributed by atoms with Crippen LogP contribution in [0.4, 0.5) is 17.1 Å². The standard InChI is InChI=1S/C6H3N3O7.C4H13N2O4PS/c10-6-4(8(13)14)1-3(7(11)12)2-5(6)9(15)16;1-12(6,10)3-2-4(5)11(7,8)9/h1-2,10H;4H,2-3,5H2,1H3,(H3-,6,7,8,9,10). The Kier molecular flexibility index (Phi) is 8.70. The van der Waals surface area contributed by atoms with Crippen molar-refractivity contribution >= 4 is 34.8 Å². The zero-order chi connectivity index (χ0) is 22.4. The van der Waals surface area contributed by atoms with Crippen molar-refractivity contribution in [1.29, 1.82) is 0 Å². The van der Waals surface area contributed by atoms with Crippen LogP contribution in [0.2, 0.25) is 0 Å². The first-order valence-corrected chi connectivity index (χ1v) is 10.7. The highest BCUT2D eigenvalue weighted by atomic mass is 32.3. The van der Waals surface area contributed by atoms with Crippen LogP contribution in [0.5, 0.6) is 5.75 Å². The maximum Gasteiger partial charge on any atom is 0.342 e. The van der Waals surface area contributed by atoms with Crippen LogP contribution < -0.4 is 16.0 Å². The summed E-state index contributed by atoms with van der Waals surface area (Å²) in [4.78, 5) is 44.6. The van der Waals surface area contributed by atoms with Gasteiger partial charge in [0.25, 0.3) is 17.1 Å². The van der Waals surface area contributed by atoms with E-state index in [0.29, 0.717) is 12.1 Å². The number of nitrogens with two attached hydrogens (primary N) is 2. The maximum absolute atomic E-state index is 11.1. The number of non-ortho nitro benzene ring substituents is 1. The number of hydrogen-bond donors (Lipinski definition) is 4. The molecule has 16 nitrogen and oxygen atoms in total. The fourth-order valence-electron chi connectivity index (χ4n) is 1.48. The Morgan fingerprint density at radius 2 is 1.50 bits per heavy atom. The summed E-state index contributed by atoms with van der Waals surface area (Å²) in [5.74, 6) is -2.69. The lowest BCUT2D eigenvalue weighted by Crippen LogP contribution is -2.30. The van der Waals surface area contributed by atoms with E-state index in [2.05, 4.69) is 0 Å². The van der Waals surface area contributed by atoms with Gasteiger partial charge in [0, 0.05) is 6.42 Å². The van der Waals surface area contributed by atoms with Crippen LogP contribution in [0.3, 0.4) is 0 Å². The molecule has 0 fully saturated rings. The van der Waals surface area contributed by atoms with E-state index in [1.165, 1.54) is 6.26 Å². The van der Waals surface area contributed by atoms with Crippen molar-refractivity contribution < 1.29 is 38.4 Å². The molecule has 1 rings (SSSR count). The molecule has 2 unspecified atom stereocenters. The lowest BCUT2D eigenvalue weighted by molar-refractivity contribution is -0.420. The van der Waals surface area contributed by atoms with Gasteiger partial charge in [-0.2, -0.15) is 5.14 Å². The molecule has 1 aromatic rings. The lowest BCUT2D eigenvalue weighted by atomic mass is 10.2. The Morgan fingerprint density at radius 3 is 1.75 bits per heavy atom. The van der Waals surface area contributed by atoms with E-state index in [0.717, 1.165) is 0 Å². The van der Waals surface area contributed by atoms with Gasteiger partial charge in [-0.25, -0.2) is 0 Å². The average molecular weight is 445 g/mol. The Hall–Kier alpha value is -2.56. The van der Waals surface area contributed by atoms with Crippen molar-refractivity contribution in [2.24, 2.45) is 10.9 Å². The van der Waals surface area contributed by atoms with Crippen molar-refractivity contribution in [1.82, 2.24) is 0 Å². The van der Waals surface area contributed by atoms with Gasteiger partial charge >= 0.3 is 7.60 Å². The molecular weight excluding hydrogens is 429 g/mol. The van der Waals surface area contributed by atoms with Crippen LogP contribution in [0.1, 0.15) is 6.42 Å². The molecule has 158 valence electrons. The molecule has 0 bridgehead atoms. The summed E-state index contributed by atoms with van der Waals surface area (Å²) in [5, 5.41) is 47.3. The quantitative estimate of drug-likeness (QED) is 0.176. The second-order valence-electron chi connectivity index (χ2n) is 5.31. The Bertz CT molecular complexity index is 830. The van der Waals surface area contributed by atoms with Crippen molar-refractivity contribution in [2.75, 3.05) is 12.0 Å². The molecule has 0 aliphatic heterocycles. The third kappa shape index (κ3) is 8.42. The topological polar surface area (TPSA) is 279 Å². The summed E-state index contributed by atoms with van der Waals surface area (Å²) in [6.45, 7) is 0. The van der Waals surface area contributed by atoms with Gasteiger partial charge < -0.3 is 20.6 Å². The van der Waals surface area contributed by atoms with E-state index in [9.17, 15) is 44.2 Å². The highest BCUT2D eigenvalue weighted by Crippen LogP contribution is 2.39. The first-order valence-electron chi connectivity index (χ1n) is 6.81. The predicted octanol–water partition coefficient (Wildman–Crippen LogP) is -0.673. The Balaban J connectivity index is 0.000000546. The minimum absolute atomic E-state index is 0.0271.